The van der Waals surface area contributed by atoms with Crippen molar-refractivity contribution in [3.63, 3.8) is 0 Å². The van der Waals surface area contributed by atoms with Crippen molar-refractivity contribution in [2.75, 3.05) is 0 Å². The van der Waals surface area contributed by atoms with E-state index in [2.05, 4.69) is 42.5 Å². The maximum Gasteiger partial charge on any atom is 0.325 e. The molecule has 0 unspecified atom stereocenters. The van der Waals surface area contributed by atoms with E-state index in [-0.39, 0.29) is 42.5 Å². The second-order valence-electron chi connectivity index (χ2n) is 11.7. The maximum absolute atomic E-state index is 9.60. The first-order valence-corrected chi connectivity index (χ1v) is 13.1. The maximum atomic E-state index is 9.60. The molecule has 1 heterocycles. The number of aliphatic hydroxyl groups is 1. The van der Waals surface area contributed by atoms with Crippen molar-refractivity contribution in [2.45, 2.75) is 41.5 Å². The molecule has 4 aromatic carbocycles. The van der Waals surface area contributed by atoms with Gasteiger partial charge in [-0.15, -0.1) is 35.9 Å². The molecule has 0 aliphatic heterocycles. The summed E-state index contributed by atoms with van der Waals surface area (Å²) in [5.41, 5.74) is 4.95. The molecule has 0 bridgehead atoms. The summed E-state index contributed by atoms with van der Waals surface area (Å²) in [6, 6.07) is 34.0. The van der Waals surface area contributed by atoms with Gasteiger partial charge in [0.2, 0.25) is 0 Å². The second-order valence-corrected chi connectivity index (χ2v) is 11.7. The Bertz CT molecular complexity index is 1530. The Morgan fingerprint density at radius 3 is 1.75 bits per heavy atom. The third-order valence-corrected chi connectivity index (χ3v) is 6.35. The molecular weight excluding hydrogens is 673 g/mol. The van der Waals surface area contributed by atoms with Crippen LogP contribution in [0.3, 0.4) is 0 Å². The number of aromatic nitrogens is 2. The molecule has 0 saturated heterocycles. The Labute approximate surface area is 250 Å². The standard InChI is InChI=1S/C24H15N2.C11H20O2.Ir/c1-3-9-17(10-4-1)23-24(18-11-5-2-6-12-18)26-22-16-20-14-8-7-13-19(20)15-21(22)25-23;1-10(2,3)8(12)7-9(13)11(4,5)6;/h1-11,13-16H;7,12H,1-6H3;/q-1;;/p+1/b;8-7-;. The Balaban J connectivity index is 0.000000272. The predicted molar refractivity (Wildman–Crippen MR) is 163 cm³/mol. The van der Waals surface area contributed by atoms with Crippen molar-refractivity contribution in [1.82, 2.24) is 9.97 Å². The fourth-order valence-electron chi connectivity index (χ4n) is 3.83. The van der Waals surface area contributed by atoms with Gasteiger partial charge in [-0.2, -0.15) is 0 Å². The van der Waals surface area contributed by atoms with Crippen LogP contribution in [0.5, 0.6) is 0 Å². The third-order valence-electron chi connectivity index (χ3n) is 6.35. The van der Waals surface area contributed by atoms with Gasteiger partial charge in [0.15, 0.2) is 0 Å². The van der Waals surface area contributed by atoms with Crippen LogP contribution in [0.2, 0.25) is 0 Å². The predicted octanol–water partition coefficient (Wildman–Crippen LogP) is 8.98. The Morgan fingerprint density at radius 1 is 0.725 bits per heavy atom. The van der Waals surface area contributed by atoms with Gasteiger partial charge in [-0.05, 0) is 49.2 Å². The molecule has 1 radical (unpaired) electrons. The molecule has 1 aromatic heterocycles. The number of allylic oxidation sites excluding steroid dienone is 2. The first kappa shape index (κ1) is 30.9. The number of nitrogens with zero attached hydrogens (tertiary/aromatic N) is 2. The van der Waals surface area contributed by atoms with Crippen molar-refractivity contribution in [3.05, 3.63) is 109 Å². The van der Waals surface area contributed by atoms with Crippen LogP contribution < -0.4 is 0 Å². The molecule has 0 amide bonds. The molecule has 4 nitrogen and oxygen atoms in total. The summed E-state index contributed by atoms with van der Waals surface area (Å²) >= 11 is 0. The van der Waals surface area contributed by atoms with E-state index in [1.165, 1.54) is 16.8 Å². The molecular formula is C35H36IrN2O2. The van der Waals surface area contributed by atoms with Gasteiger partial charge in [0.1, 0.15) is 5.76 Å². The Kier molecular flexibility index (Phi) is 9.78. The number of fused-ring (bicyclic) bond motifs is 2. The van der Waals surface area contributed by atoms with E-state index in [0.29, 0.717) is 0 Å². The minimum Gasteiger partial charge on any atom is -0.511 e. The number of hydrogen-bond donors (Lipinski definition) is 1. The van der Waals surface area contributed by atoms with Gasteiger partial charge in [0, 0.05) is 31.2 Å². The average Bonchev–Trinajstić information content (AvgIpc) is 2.91. The van der Waals surface area contributed by atoms with E-state index in [9.17, 15) is 9.90 Å². The quantitative estimate of drug-likeness (QED) is 0.0669. The fraction of sp³-hybridized carbons (Fsp3) is 0.229. The summed E-state index contributed by atoms with van der Waals surface area (Å²) in [6.45, 7) is 11.4. The van der Waals surface area contributed by atoms with Gasteiger partial charge in [0.25, 0.3) is 0 Å². The molecule has 207 valence electrons. The molecule has 5 aromatic rings. The third kappa shape index (κ3) is 7.50. The SMILES string of the molecule is CC(C)(C)C(=[OH+])/C=C(\O)C(C)(C)C.[Ir].[c-]1ccccc1-c1nc2cc3ccccc3cc2nc1-c1ccccc1. The van der Waals surface area contributed by atoms with Crippen molar-refractivity contribution >= 4 is 27.6 Å². The molecule has 0 fully saturated rings. The largest absolute Gasteiger partial charge is 0.511 e. The van der Waals surface area contributed by atoms with Crippen LogP contribution in [-0.4, -0.2) is 25.7 Å². The molecule has 0 aliphatic rings. The molecule has 0 aliphatic carbocycles. The zero-order valence-corrected chi connectivity index (χ0v) is 26.3. The normalized spacial score (nSPS) is 11.9. The van der Waals surface area contributed by atoms with Crippen LogP contribution >= 0.6 is 0 Å². The molecule has 5 heteroatoms. The minimum absolute atomic E-state index is 0. The molecule has 5 rings (SSSR count). The number of carbonyl (C=O) groups excluding carboxylic acids is 1. The number of rotatable bonds is 3. The fourth-order valence-corrected chi connectivity index (χ4v) is 3.83. The van der Waals surface area contributed by atoms with Crippen LogP contribution in [0.25, 0.3) is 44.3 Å². The second kappa shape index (κ2) is 12.7. The van der Waals surface area contributed by atoms with Crippen LogP contribution in [0.15, 0.2) is 103 Å². The van der Waals surface area contributed by atoms with Crippen LogP contribution in [0.1, 0.15) is 41.5 Å². The number of aliphatic hydroxyl groups excluding tert-OH is 1. The first-order valence-electron chi connectivity index (χ1n) is 13.1. The van der Waals surface area contributed by atoms with E-state index in [1.807, 2.05) is 96.1 Å². The van der Waals surface area contributed by atoms with Gasteiger partial charge >= 0.3 is 5.78 Å². The summed E-state index contributed by atoms with van der Waals surface area (Å²) in [5, 5.41) is 11.9. The van der Waals surface area contributed by atoms with Gasteiger partial charge in [-0.1, -0.05) is 75.4 Å². The van der Waals surface area contributed by atoms with E-state index in [4.69, 9.17) is 9.97 Å². The topological polar surface area (TPSA) is 67.4 Å². The molecule has 0 saturated carbocycles. The Hall–Kier alpha value is -3.66. The van der Waals surface area contributed by atoms with Gasteiger partial charge in [-0.25, -0.2) is 0 Å². The van der Waals surface area contributed by atoms with Crippen molar-refractivity contribution in [1.29, 1.82) is 0 Å². The van der Waals surface area contributed by atoms with Crippen LogP contribution in [-0.2, 0) is 20.1 Å². The van der Waals surface area contributed by atoms with Gasteiger partial charge in [0.05, 0.1) is 28.2 Å². The van der Waals surface area contributed by atoms with Crippen LogP contribution in [0.4, 0.5) is 0 Å². The molecule has 0 atom stereocenters. The Morgan fingerprint density at radius 2 is 1.25 bits per heavy atom. The van der Waals surface area contributed by atoms with Gasteiger partial charge < -0.3 is 5.11 Å². The summed E-state index contributed by atoms with van der Waals surface area (Å²) in [6.07, 6.45) is 1.44. The summed E-state index contributed by atoms with van der Waals surface area (Å²) in [7, 11) is 0. The summed E-state index contributed by atoms with van der Waals surface area (Å²) < 4.78 is 0. The van der Waals surface area contributed by atoms with E-state index in [0.717, 1.165) is 33.5 Å². The molecule has 0 spiro atoms. The molecule has 2 N–H and O–H groups in total. The van der Waals surface area contributed by atoms with Crippen molar-refractivity contribution in [3.8, 4) is 22.5 Å². The zero-order valence-electron chi connectivity index (χ0n) is 23.9. The van der Waals surface area contributed by atoms with E-state index >= 15 is 0 Å². The van der Waals surface area contributed by atoms with Crippen LogP contribution in [0, 0.1) is 16.9 Å². The summed E-state index contributed by atoms with van der Waals surface area (Å²) in [5.74, 6) is 0.417. The number of ketones is 1. The van der Waals surface area contributed by atoms with E-state index in [1.54, 1.807) is 0 Å². The minimum atomic E-state index is -0.306. The number of hydrogen-bond acceptors (Lipinski definition) is 3. The smallest absolute Gasteiger partial charge is 0.325 e. The van der Waals surface area contributed by atoms with Crippen molar-refractivity contribution in [2.24, 2.45) is 10.8 Å². The zero-order chi connectivity index (χ0) is 28.2. The van der Waals surface area contributed by atoms with Crippen molar-refractivity contribution < 1.29 is 30.0 Å². The first-order chi connectivity index (χ1) is 18.4. The van der Waals surface area contributed by atoms with Gasteiger partial charge in [-0.3, -0.25) is 14.8 Å². The average molecular weight is 709 g/mol. The summed E-state index contributed by atoms with van der Waals surface area (Å²) in [4.78, 5) is 19.6. The number of benzene rings is 4. The molecule has 40 heavy (non-hydrogen) atoms. The monoisotopic (exact) mass is 709 g/mol. The van der Waals surface area contributed by atoms with E-state index < -0.39 is 0 Å².